The third-order valence-electron chi connectivity index (χ3n) is 2.19. The Bertz CT molecular complexity index is 132. The molecule has 1 aliphatic rings. The Morgan fingerprint density at radius 2 is 2.09 bits per heavy atom. The first-order valence-electron chi connectivity index (χ1n) is 3.79. The van der Waals surface area contributed by atoms with Crippen LogP contribution in [-0.2, 0) is 0 Å². The van der Waals surface area contributed by atoms with Gasteiger partial charge in [0.25, 0.3) is 0 Å². The fourth-order valence-electron chi connectivity index (χ4n) is 1.39. The predicted octanol–water partition coefficient (Wildman–Crippen LogP) is 0.741. The second kappa shape index (κ2) is 3.03. The van der Waals surface area contributed by atoms with Crippen LogP contribution in [0.1, 0.15) is 19.3 Å². The van der Waals surface area contributed by atoms with Crippen molar-refractivity contribution in [1.29, 1.82) is 0 Å². The number of nitrogens with two attached hydrogens (primary N) is 1. The molecule has 1 fully saturated rings. The van der Waals surface area contributed by atoms with Gasteiger partial charge in [0.05, 0.1) is 0 Å². The fourth-order valence-corrected chi connectivity index (χ4v) is 1.39. The minimum atomic E-state index is -2.49. The molecule has 1 atom stereocenters. The van der Waals surface area contributed by atoms with E-state index >= 15 is 0 Å². The Morgan fingerprint density at radius 3 is 2.45 bits per heavy atom. The van der Waals surface area contributed by atoms with Crippen molar-refractivity contribution < 1.29 is 13.9 Å². The summed E-state index contributed by atoms with van der Waals surface area (Å²) in [5.74, 6) is -2.57. The van der Waals surface area contributed by atoms with Crippen molar-refractivity contribution in [3.8, 4) is 0 Å². The second-order valence-corrected chi connectivity index (χ2v) is 3.20. The molecular formula is C7H13F2NO. The maximum Gasteiger partial charge on any atom is 0.248 e. The number of hydrogen-bond acceptors (Lipinski definition) is 2. The molecule has 0 amide bonds. The number of alkyl halides is 2. The van der Waals surface area contributed by atoms with E-state index in [0.717, 1.165) is 0 Å². The third-order valence-corrected chi connectivity index (χ3v) is 2.19. The molecule has 1 saturated carbocycles. The van der Waals surface area contributed by atoms with E-state index in [1.807, 2.05) is 0 Å². The molecule has 0 radical (unpaired) electrons. The van der Waals surface area contributed by atoms with Crippen molar-refractivity contribution in [3.63, 3.8) is 0 Å². The molecule has 0 aromatic heterocycles. The number of aliphatic hydroxyl groups excluding tert-OH is 1. The molecule has 0 bridgehead atoms. The van der Waals surface area contributed by atoms with Crippen LogP contribution in [0.3, 0.4) is 0 Å². The maximum absolute atomic E-state index is 12.3. The predicted molar refractivity (Wildman–Crippen MR) is 37.3 cm³/mol. The van der Waals surface area contributed by atoms with E-state index in [1.54, 1.807) is 0 Å². The van der Waals surface area contributed by atoms with Crippen molar-refractivity contribution in [2.75, 3.05) is 6.61 Å². The summed E-state index contributed by atoms with van der Waals surface area (Å²) in [6.45, 7) is -0.0107. The van der Waals surface area contributed by atoms with E-state index in [4.69, 9.17) is 10.8 Å². The Balaban J connectivity index is 2.21. The standard InChI is InChI=1S/C7H13F2NO/c8-7(9)3-5(4-7)6(10)1-2-11/h5-6,11H,1-4,10H2. The molecule has 2 nitrogen and oxygen atoms in total. The molecule has 1 unspecified atom stereocenters. The third kappa shape index (κ3) is 2.10. The van der Waals surface area contributed by atoms with Crippen LogP contribution in [0.15, 0.2) is 0 Å². The molecule has 66 valence electrons. The quantitative estimate of drug-likeness (QED) is 0.648. The topological polar surface area (TPSA) is 46.2 Å². The summed E-state index contributed by atoms with van der Waals surface area (Å²) in [5, 5.41) is 8.47. The molecule has 11 heavy (non-hydrogen) atoms. The summed E-state index contributed by atoms with van der Waals surface area (Å²) in [7, 11) is 0. The van der Waals surface area contributed by atoms with Crippen LogP contribution in [0, 0.1) is 5.92 Å². The molecule has 4 heteroatoms. The molecule has 0 aliphatic heterocycles. The van der Waals surface area contributed by atoms with E-state index in [0.29, 0.717) is 6.42 Å². The lowest BCUT2D eigenvalue weighted by Gasteiger charge is -2.38. The van der Waals surface area contributed by atoms with Crippen molar-refractivity contribution >= 4 is 0 Å². The van der Waals surface area contributed by atoms with Gasteiger partial charge < -0.3 is 10.8 Å². The van der Waals surface area contributed by atoms with Crippen LogP contribution in [0.4, 0.5) is 8.78 Å². The molecule has 0 aromatic carbocycles. The molecule has 0 heterocycles. The van der Waals surface area contributed by atoms with Crippen molar-refractivity contribution in [3.05, 3.63) is 0 Å². The first-order chi connectivity index (χ1) is 5.05. The normalized spacial score (nSPS) is 26.2. The molecule has 0 aromatic rings. The lowest BCUT2D eigenvalue weighted by Crippen LogP contribution is -2.46. The van der Waals surface area contributed by atoms with E-state index in [9.17, 15) is 8.78 Å². The molecule has 1 aliphatic carbocycles. The van der Waals surface area contributed by atoms with Crippen LogP contribution in [0.2, 0.25) is 0 Å². The Morgan fingerprint density at radius 1 is 1.55 bits per heavy atom. The number of hydrogen-bond donors (Lipinski definition) is 2. The summed E-state index contributed by atoms with van der Waals surface area (Å²) < 4.78 is 24.5. The fraction of sp³-hybridized carbons (Fsp3) is 1.00. The highest BCUT2D eigenvalue weighted by atomic mass is 19.3. The first-order valence-corrected chi connectivity index (χ1v) is 3.79. The zero-order chi connectivity index (χ0) is 8.48. The minimum Gasteiger partial charge on any atom is -0.396 e. The van der Waals surface area contributed by atoms with E-state index in [-0.39, 0.29) is 31.4 Å². The lowest BCUT2D eigenvalue weighted by atomic mass is 9.76. The van der Waals surface area contributed by atoms with Gasteiger partial charge in [-0.25, -0.2) is 8.78 Å². The van der Waals surface area contributed by atoms with Gasteiger partial charge in [-0.1, -0.05) is 0 Å². The van der Waals surface area contributed by atoms with Gasteiger partial charge >= 0.3 is 0 Å². The zero-order valence-electron chi connectivity index (χ0n) is 6.26. The Labute approximate surface area is 64.4 Å². The minimum absolute atomic E-state index is 0.0107. The van der Waals surface area contributed by atoms with Crippen molar-refractivity contribution in [1.82, 2.24) is 0 Å². The number of rotatable bonds is 3. The van der Waals surface area contributed by atoms with Gasteiger partial charge in [-0.2, -0.15) is 0 Å². The highest BCUT2D eigenvalue weighted by Gasteiger charge is 2.47. The molecule has 0 saturated heterocycles. The van der Waals surface area contributed by atoms with Gasteiger partial charge in [0.1, 0.15) is 0 Å². The largest absolute Gasteiger partial charge is 0.396 e. The summed E-state index contributed by atoms with van der Waals surface area (Å²) >= 11 is 0. The van der Waals surface area contributed by atoms with Gasteiger partial charge in [-0.15, -0.1) is 0 Å². The molecule has 1 rings (SSSR count). The van der Waals surface area contributed by atoms with Crippen molar-refractivity contribution in [2.45, 2.75) is 31.2 Å². The van der Waals surface area contributed by atoms with Crippen LogP contribution < -0.4 is 5.73 Å². The summed E-state index contributed by atoms with van der Waals surface area (Å²) in [6, 6.07) is -0.250. The summed E-state index contributed by atoms with van der Waals surface area (Å²) in [6.07, 6.45) is 0.225. The molecule has 3 N–H and O–H groups in total. The van der Waals surface area contributed by atoms with Gasteiger partial charge in [-0.3, -0.25) is 0 Å². The number of aliphatic hydroxyl groups is 1. The van der Waals surface area contributed by atoms with Crippen LogP contribution in [0.5, 0.6) is 0 Å². The lowest BCUT2D eigenvalue weighted by molar-refractivity contribution is -0.117. The second-order valence-electron chi connectivity index (χ2n) is 3.20. The first kappa shape index (κ1) is 8.87. The monoisotopic (exact) mass is 165 g/mol. The highest BCUT2D eigenvalue weighted by molar-refractivity contribution is 4.91. The Kier molecular flexibility index (Phi) is 2.44. The van der Waals surface area contributed by atoms with Crippen LogP contribution in [-0.4, -0.2) is 23.7 Å². The average molecular weight is 165 g/mol. The van der Waals surface area contributed by atoms with Gasteiger partial charge in [0.2, 0.25) is 5.92 Å². The van der Waals surface area contributed by atoms with Crippen LogP contribution >= 0.6 is 0 Å². The highest BCUT2D eigenvalue weighted by Crippen LogP contribution is 2.43. The van der Waals surface area contributed by atoms with E-state index in [1.165, 1.54) is 0 Å². The maximum atomic E-state index is 12.3. The van der Waals surface area contributed by atoms with E-state index in [2.05, 4.69) is 0 Å². The average Bonchev–Trinajstić information content (AvgIpc) is 1.83. The van der Waals surface area contributed by atoms with Gasteiger partial charge in [0, 0.05) is 25.5 Å². The van der Waals surface area contributed by atoms with Crippen molar-refractivity contribution in [2.24, 2.45) is 11.7 Å². The summed E-state index contributed by atoms with van der Waals surface area (Å²) in [5.41, 5.74) is 5.52. The SMILES string of the molecule is NC(CCO)C1CC(F)(F)C1. The van der Waals surface area contributed by atoms with Gasteiger partial charge in [0.15, 0.2) is 0 Å². The number of halogens is 2. The smallest absolute Gasteiger partial charge is 0.248 e. The van der Waals surface area contributed by atoms with E-state index < -0.39 is 5.92 Å². The summed E-state index contributed by atoms with van der Waals surface area (Å²) in [4.78, 5) is 0. The molecule has 0 spiro atoms. The molecular weight excluding hydrogens is 152 g/mol. The Hall–Kier alpha value is -0.220. The van der Waals surface area contributed by atoms with Crippen LogP contribution in [0.25, 0.3) is 0 Å². The van der Waals surface area contributed by atoms with Gasteiger partial charge in [-0.05, 0) is 12.3 Å². The zero-order valence-corrected chi connectivity index (χ0v) is 6.26.